The zero-order chi connectivity index (χ0) is 18.9. The topological polar surface area (TPSA) is 42.9 Å². The van der Waals surface area contributed by atoms with Crippen LogP contribution in [0.5, 0.6) is 0 Å². The van der Waals surface area contributed by atoms with Gasteiger partial charge in [0.05, 0.1) is 0 Å². The van der Waals surface area contributed by atoms with Crippen molar-refractivity contribution in [3.05, 3.63) is 0 Å². The first-order valence-corrected chi connectivity index (χ1v) is 10.9. The van der Waals surface area contributed by atoms with E-state index in [0.29, 0.717) is 12.1 Å². The van der Waals surface area contributed by atoms with Crippen molar-refractivity contribution < 1.29 is 0 Å². The molecule has 0 radical (unpaired) electrons. The van der Waals surface area contributed by atoms with Gasteiger partial charge in [-0.3, -0.25) is 4.99 Å². The number of piperidine rings is 2. The summed E-state index contributed by atoms with van der Waals surface area (Å²) in [5.41, 5.74) is 0. The molecule has 5 heteroatoms. The molecule has 0 bridgehead atoms. The predicted octanol–water partition coefficient (Wildman–Crippen LogP) is 2.78. The van der Waals surface area contributed by atoms with Gasteiger partial charge in [0.2, 0.25) is 0 Å². The highest BCUT2D eigenvalue weighted by molar-refractivity contribution is 5.79. The molecule has 5 nitrogen and oxygen atoms in total. The molecule has 0 aromatic heterocycles. The first-order chi connectivity index (χ1) is 12.5. The number of hydrogen-bond donors (Lipinski definition) is 2. The summed E-state index contributed by atoms with van der Waals surface area (Å²) in [6.07, 6.45) is 6.31. The lowest BCUT2D eigenvalue weighted by molar-refractivity contribution is 0.139. The molecule has 0 amide bonds. The van der Waals surface area contributed by atoms with Crippen LogP contribution in [0.3, 0.4) is 0 Å². The first kappa shape index (κ1) is 21.5. The van der Waals surface area contributed by atoms with Crippen LogP contribution >= 0.6 is 0 Å². The van der Waals surface area contributed by atoms with Crippen LogP contribution < -0.4 is 10.6 Å². The van der Waals surface area contributed by atoms with Gasteiger partial charge in [0.25, 0.3) is 0 Å². The number of nitrogens with one attached hydrogen (secondary N) is 2. The summed E-state index contributed by atoms with van der Waals surface area (Å²) in [4.78, 5) is 9.64. The van der Waals surface area contributed by atoms with Crippen molar-refractivity contribution in [2.24, 2.45) is 16.8 Å². The molecule has 0 spiro atoms. The zero-order valence-corrected chi connectivity index (χ0v) is 17.9. The second-order valence-electron chi connectivity index (χ2n) is 8.96. The van der Waals surface area contributed by atoms with E-state index >= 15 is 0 Å². The molecule has 2 rings (SSSR count). The largest absolute Gasteiger partial charge is 0.356 e. The van der Waals surface area contributed by atoms with Gasteiger partial charge in [0.1, 0.15) is 0 Å². The summed E-state index contributed by atoms with van der Waals surface area (Å²) in [6, 6.07) is 1.23. The number of unbranched alkanes of at least 4 members (excludes halogenated alkanes) is 1. The van der Waals surface area contributed by atoms with Gasteiger partial charge in [-0.2, -0.15) is 0 Å². The van der Waals surface area contributed by atoms with Gasteiger partial charge < -0.3 is 20.4 Å². The average Bonchev–Trinajstić information content (AvgIpc) is 2.60. The summed E-state index contributed by atoms with van der Waals surface area (Å²) >= 11 is 0. The Hall–Kier alpha value is -0.810. The van der Waals surface area contributed by atoms with E-state index in [1.54, 1.807) is 0 Å². The molecular weight excluding hydrogens is 322 g/mol. The number of rotatable bonds is 7. The molecule has 2 aliphatic heterocycles. The second kappa shape index (κ2) is 11.1. The maximum absolute atomic E-state index is 4.41. The summed E-state index contributed by atoms with van der Waals surface area (Å²) in [6.45, 7) is 16.6. The summed E-state index contributed by atoms with van der Waals surface area (Å²) in [7, 11) is 1.88. The summed E-state index contributed by atoms with van der Waals surface area (Å²) in [5.74, 6) is 2.71. The van der Waals surface area contributed by atoms with Crippen molar-refractivity contribution in [1.82, 2.24) is 20.4 Å². The van der Waals surface area contributed by atoms with Gasteiger partial charge >= 0.3 is 0 Å². The van der Waals surface area contributed by atoms with Crippen LogP contribution in [0.4, 0.5) is 0 Å². The van der Waals surface area contributed by atoms with E-state index in [1.165, 1.54) is 64.8 Å². The van der Waals surface area contributed by atoms with E-state index in [2.05, 4.69) is 53.1 Å². The van der Waals surface area contributed by atoms with Gasteiger partial charge in [0.15, 0.2) is 5.96 Å². The Balaban J connectivity index is 1.56. The second-order valence-corrected chi connectivity index (χ2v) is 8.96. The van der Waals surface area contributed by atoms with Crippen molar-refractivity contribution in [3.63, 3.8) is 0 Å². The molecule has 2 fully saturated rings. The average molecular weight is 366 g/mol. The molecule has 2 unspecified atom stereocenters. The van der Waals surface area contributed by atoms with Gasteiger partial charge in [-0.1, -0.05) is 13.8 Å². The lowest BCUT2D eigenvalue weighted by Gasteiger charge is -2.35. The van der Waals surface area contributed by atoms with Crippen molar-refractivity contribution >= 4 is 5.96 Å². The number of hydrogen-bond acceptors (Lipinski definition) is 3. The number of nitrogens with zero attached hydrogens (tertiary/aromatic N) is 3. The SMILES string of the molecule is CN=C(NCCCCN1CC(C)CC(C)C1)NC1CCN(C(C)C)CC1. The van der Waals surface area contributed by atoms with Crippen LogP contribution in [0.1, 0.15) is 59.8 Å². The smallest absolute Gasteiger partial charge is 0.191 e. The fourth-order valence-electron chi connectivity index (χ4n) is 4.59. The molecule has 0 aliphatic carbocycles. The van der Waals surface area contributed by atoms with E-state index in [1.807, 2.05) is 7.05 Å². The number of likely N-dealkylation sites (tertiary alicyclic amines) is 2. The highest BCUT2D eigenvalue weighted by atomic mass is 15.2. The highest BCUT2D eigenvalue weighted by Gasteiger charge is 2.22. The molecule has 2 saturated heterocycles. The molecule has 26 heavy (non-hydrogen) atoms. The van der Waals surface area contributed by atoms with Crippen LogP contribution in [0, 0.1) is 11.8 Å². The van der Waals surface area contributed by atoms with Gasteiger partial charge in [-0.15, -0.1) is 0 Å². The molecule has 2 aliphatic rings. The Morgan fingerprint density at radius 2 is 1.73 bits per heavy atom. The third kappa shape index (κ3) is 7.43. The minimum Gasteiger partial charge on any atom is -0.356 e. The van der Waals surface area contributed by atoms with Crippen LogP contribution in [-0.4, -0.2) is 74.2 Å². The predicted molar refractivity (Wildman–Crippen MR) is 113 cm³/mol. The fourth-order valence-corrected chi connectivity index (χ4v) is 4.59. The van der Waals surface area contributed by atoms with Crippen molar-refractivity contribution in [2.75, 3.05) is 46.3 Å². The van der Waals surface area contributed by atoms with Crippen LogP contribution in [0.15, 0.2) is 4.99 Å². The quantitative estimate of drug-likeness (QED) is 0.414. The van der Waals surface area contributed by atoms with Crippen LogP contribution in [0.2, 0.25) is 0 Å². The molecule has 0 aromatic carbocycles. The molecule has 2 heterocycles. The Morgan fingerprint density at radius 1 is 1.08 bits per heavy atom. The maximum atomic E-state index is 4.41. The van der Waals surface area contributed by atoms with E-state index in [0.717, 1.165) is 24.3 Å². The van der Waals surface area contributed by atoms with E-state index in [4.69, 9.17) is 0 Å². The van der Waals surface area contributed by atoms with E-state index in [-0.39, 0.29) is 0 Å². The third-order valence-corrected chi connectivity index (χ3v) is 5.96. The summed E-state index contributed by atoms with van der Waals surface area (Å²) < 4.78 is 0. The van der Waals surface area contributed by atoms with Crippen molar-refractivity contribution in [3.8, 4) is 0 Å². The Morgan fingerprint density at radius 3 is 2.31 bits per heavy atom. The summed E-state index contributed by atoms with van der Waals surface area (Å²) in [5, 5.41) is 7.13. The Bertz CT molecular complexity index is 405. The lowest BCUT2D eigenvalue weighted by Crippen LogP contribution is -2.50. The standard InChI is InChI=1S/C21H43N5/c1-17(2)26-12-8-20(9-13-26)24-21(22-5)23-10-6-7-11-25-15-18(3)14-19(4)16-25/h17-20H,6-16H2,1-5H3,(H2,22,23,24). The van der Waals surface area contributed by atoms with Crippen molar-refractivity contribution in [1.29, 1.82) is 0 Å². The van der Waals surface area contributed by atoms with Crippen LogP contribution in [0.25, 0.3) is 0 Å². The lowest BCUT2D eigenvalue weighted by atomic mass is 9.92. The minimum absolute atomic E-state index is 0.563. The monoisotopic (exact) mass is 365 g/mol. The maximum Gasteiger partial charge on any atom is 0.191 e. The Kier molecular flexibility index (Phi) is 9.20. The highest BCUT2D eigenvalue weighted by Crippen LogP contribution is 2.21. The van der Waals surface area contributed by atoms with E-state index in [9.17, 15) is 0 Å². The number of aliphatic imine (C=N–C) groups is 1. The molecule has 2 N–H and O–H groups in total. The molecule has 0 saturated carbocycles. The van der Waals surface area contributed by atoms with Crippen LogP contribution in [-0.2, 0) is 0 Å². The molecule has 2 atom stereocenters. The first-order valence-electron chi connectivity index (χ1n) is 10.9. The molecular formula is C21H43N5. The zero-order valence-electron chi connectivity index (χ0n) is 17.9. The number of guanidine groups is 1. The van der Waals surface area contributed by atoms with E-state index < -0.39 is 0 Å². The molecule has 0 aromatic rings. The van der Waals surface area contributed by atoms with Crippen molar-refractivity contribution in [2.45, 2.75) is 71.9 Å². The van der Waals surface area contributed by atoms with Gasteiger partial charge in [-0.25, -0.2) is 0 Å². The third-order valence-electron chi connectivity index (χ3n) is 5.96. The minimum atomic E-state index is 0.563. The van der Waals surface area contributed by atoms with Gasteiger partial charge in [-0.05, 0) is 64.3 Å². The normalized spacial score (nSPS) is 27.1. The fraction of sp³-hybridized carbons (Fsp3) is 0.952. The van der Waals surface area contributed by atoms with Gasteiger partial charge in [0, 0.05) is 51.9 Å². The molecule has 152 valence electrons. The Labute approximate surface area is 162 Å².